The van der Waals surface area contributed by atoms with Gasteiger partial charge in [-0.1, -0.05) is 0 Å². The van der Waals surface area contributed by atoms with Crippen molar-refractivity contribution in [3.05, 3.63) is 35.1 Å². The molecule has 5 nitrogen and oxygen atoms in total. The summed E-state index contributed by atoms with van der Waals surface area (Å²) in [5.74, 6) is -0.460. The first kappa shape index (κ1) is 6.90. The van der Waals surface area contributed by atoms with Crippen molar-refractivity contribution in [2.24, 2.45) is 7.05 Å². The summed E-state index contributed by atoms with van der Waals surface area (Å²) in [7, 11) is 1.54. The van der Waals surface area contributed by atoms with E-state index < -0.39 is 5.76 Å². The van der Waals surface area contributed by atoms with Gasteiger partial charge in [-0.2, -0.15) is 4.68 Å². The summed E-state index contributed by atoms with van der Waals surface area (Å²) in [5.41, 5.74) is 0. The molecule has 2 rings (SSSR count). The molecular weight excluding hydrogens is 158 g/mol. The standard InChI is InChI=1S/C7H7N3O2/c1-9-7(11)12-6(8-9)10-4-2-3-5-10/h2-5H,1H3. The Morgan fingerprint density at radius 2 is 2.08 bits per heavy atom. The molecule has 0 unspecified atom stereocenters. The SMILES string of the molecule is Cn1nc(-n2cccc2)oc1=O. The Labute approximate surface area is 67.8 Å². The molecule has 12 heavy (non-hydrogen) atoms. The fourth-order valence-corrected chi connectivity index (χ4v) is 0.900. The number of aromatic nitrogens is 3. The molecule has 62 valence electrons. The van der Waals surface area contributed by atoms with Gasteiger partial charge in [-0.05, 0) is 12.1 Å². The van der Waals surface area contributed by atoms with Crippen LogP contribution < -0.4 is 5.76 Å². The number of hydrogen-bond donors (Lipinski definition) is 0. The Balaban J connectivity index is 2.56. The maximum atomic E-state index is 10.9. The van der Waals surface area contributed by atoms with Gasteiger partial charge in [-0.15, -0.1) is 5.10 Å². The van der Waals surface area contributed by atoms with Crippen LogP contribution in [-0.4, -0.2) is 14.3 Å². The molecule has 0 saturated carbocycles. The van der Waals surface area contributed by atoms with Crippen LogP contribution in [0.25, 0.3) is 6.01 Å². The Hall–Kier alpha value is -1.78. The minimum Gasteiger partial charge on any atom is -0.372 e. The van der Waals surface area contributed by atoms with Crippen molar-refractivity contribution in [1.29, 1.82) is 0 Å². The molecule has 0 fully saturated rings. The predicted octanol–water partition coefficient (Wildman–Crippen LogP) is 0.164. The second-order valence-electron chi connectivity index (χ2n) is 2.36. The van der Waals surface area contributed by atoms with Crippen LogP contribution >= 0.6 is 0 Å². The van der Waals surface area contributed by atoms with E-state index in [0.717, 1.165) is 4.68 Å². The molecule has 0 aliphatic rings. The Morgan fingerprint density at radius 1 is 1.42 bits per heavy atom. The fourth-order valence-electron chi connectivity index (χ4n) is 0.900. The zero-order valence-corrected chi connectivity index (χ0v) is 6.47. The van der Waals surface area contributed by atoms with E-state index >= 15 is 0 Å². The zero-order valence-electron chi connectivity index (χ0n) is 6.47. The molecule has 2 aromatic heterocycles. The van der Waals surface area contributed by atoms with Crippen LogP contribution in [0.2, 0.25) is 0 Å². The van der Waals surface area contributed by atoms with E-state index in [4.69, 9.17) is 4.42 Å². The van der Waals surface area contributed by atoms with Crippen LogP contribution in [0, 0.1) is 0 Å². The Kier molecular flexibility index (Phi) is 1.36. The lowest BCUT2D eigenvalue weighted by Gasteiger charge is -1.89. The van der Waals surface area contributed by atoms with Crippen molar-refractivity contribution in [2.75, 3.05) is 0 Å². The minimum atomic E-state index is -0.460. The molecular formula is C7H7N3O2. The summed E-state index contributed by atoms with van der Waals surface area (Å²) >= 11 is 0. The Morgan fingerprint density at radius 3 is 2.58 bits per heavy atom. The molecule has 0 bridgehead atoms. The molecule has 2 aromatic rings. The first-order valence-corrected chi connectivity index (χ1v) is 3.45. The molecule has 0 spiro atoms. The van der Waals surface area contributed by atoms with Gasteiger partial charge in [0, 0.05) is 19.4 Å². The lowest BCUT2D eigenvalue weighted by atomic mass is 10.7. The summed E-state index contributed by atoms with van der Waals surface area (Å²) in [6.07, 6.45) is 3.51. The van der Waals surface area contributed by atoms with Gasteiger partial charge in [0.25, 0.3) is 0 Å². The molecule has 0 aliphatic heterocycles. The highest BCUT2D eigenvalue weighted by Gasteiger charge is 2.04. The van der Waals surface area contributed by atoms with E-state index in [1.807, 2.05) is 12.1 Å². The van der Waals surface area contributed by atoms with Crippen molar-refractivity contribution in [3.8, 4) is 6.01 Å². The van der Waals surface area contributed by atoms with Gasteiger partial charge in [-0.25, -0.2) is 4.79 Å². The maximum absolute atomic E-state index is 10.9. The summed E-state index contributed by atoms with van der Waals surface area (Å²) < 4.78 is 7.59. The van der Waals surface area contributed by atoms with E-state index in [1.54, 1.807) is 24.0 Å². The number of nitrogens with zero attached hydrogens (tertiary/aromatic N) is 3. The monoisotopic (exact) mass is 165 g/mol. The Bertz CT molecular complexity index is 424. The van der Waals surface area contributed by atoms with Gasteiger partial charge in [-0.3, -0.25) is 4.57 Å². The van der Waals surface area contributed by atoms with Gasteiger partial charge in [0.15, 0.2) is 0 Å². The van der Waals surface area contributed by atoms with Gasteiger partial charge >= 0.3 is 11.8 Å². The predicted molar refractivity (Wildman–Crippen MR) is 41.1 cm³/mol. The van der Waals surface area contributed by atoms with E-state index in [2.05, 4.69) is 5.10 Å². The number of hydrogen-bond acceptors (Lipinski definition) is 3. The van der Waals surface area contributed by atoms with Crippen molar-refractivity contribution in [2.45, 2.75) is 0 Å². The largest absolute Gasteiger partial charge is 0.438 e. The fraction of sp³-hybridized carbons (Fsp3) is 0.143. The van der Waals surface area contributed by atoms with E-state index in [0.29, 0.717) is 0 Å². The average Bonchev–Trinajstić information content (AvgIpc) is 2.61. The second-order valence-corrected chi connectivity index (χ2v) is 2.36. The quantitative estimate of drug-likeness (QED) is 0.605. The number of aryl methyl sites for hydroxylation is 1. The van der Waals surface area contributed by atoms with Gasteiger partial charge in [0.1, 0.15) is 0 Å². The normalized spacial score (nSPS) is 10.4. The van der Waals surface area contributed by atoms with E-state index in [9.17, 15) is 4.79 Å². The van der Waals surface area contributed by atoms with Crippen molar-refractivity contribution < 1.29 is 4.42 Å². The van der Waals surface area contributed by atoms with Crippen LogP contribution in [0.3, 0.4) is 0 Å². The second kappa shape index (κ2) is 2.37. The minimum absolute atomic E-state index is 0.285. The highest BCUT2D eigenvalue weighted by atomic mass is 16.4. The van der Waals surface area contributed by atoms with Gasteiger partial charge in [0.2, 0.25) is 0 Å². The van der Waals surface area contributed by atoms with Crippen LogP contribution in [0.4, 0.5) is 0 Å². The molecule has 0 aromatic carbocycles. The van der Waals surface area contributed by atoms with E-state index in [1.165, 1.54) is 0 Å². The molecule has 2 heterocycles. The third kappa shape index (κ3) is 0.952. The van der Waals surface area contributed by atoms with Gasteiger partial charge < -0.3 is 4.42 Å². The molecule has 5 heteroatoms. The topological polar surface area (TPSA) is 53.0 Å². The maximum Gasteiger partial charge on any atom is 0.438 e. The van der Waals surface area contributed by atoms with Crippen molar-refractivity contribution in [1.82, 2.24) is 14.3 Å². The highest BCUT2D eigenvalue weighted by Crippen LogP contribution is 1.99. The molecule has 0 N–H and O–H groups in total. The first-order chi connectivity index (χ1) is 5.77. The van der Waals surface area contributed by atoms with Crippen LogP contribution in [0.5, 0.6) is 0 Å². The molecule has 0 aliphatic carbocycles. The summed E-state index contributed by atoms with van der Waals surface area (Å²) in [6.45, 7) is 0. The molecule has 0 atom stereocenters. The van der Waals surface area contributed by atoms with Crippen LogP contribution in [-0.2, 0) is 7.05 Å². The number of rotatable bonds is 1. The van der Waals surface area contributed by atoms with Crippen LogP contribution in [0.1, 0.15) is 0 Å². The lowest BCUT2D eigenvalue weighted by Crippen LogP contribution is -2.09. The average molecular weight is 165 g/mol. The first-order valence-electron chi connectivity index (χ1n) is 3.45. The smallest absolute Gasteiger partial charge is 0.372 e. The summed E-state index contributed by atoms with van der Waals surface area (Å²) in [6, 6.07) is 3.94. The van der Waals surface area contributed by atoms with Gasteiger partial charge in [0.05, 0.1) is 0 Å². The molecule has 0 radical (unpaired) electrons. The van der Waals surface area contributed by atoms with E-state index in [-0.39, 0.29) is 6.01 Å². The molecule has 0 saturated heterocycles. The summed E-state index contributed by atoms with van der Waals surface area (Å²) in [4.78, 5) is 10.9. The highest BCUT2D eigenvalue weighted by molar-refractivity contribution is 5.07. The zero-order chi connectivity index (χ0) is 8.55. The molecule has 0 amide bonds. The third-order valence-electron chi connectivity index (χ3n) is 1.50. The lowest BCUT2D eigenvalue weighted by molar-refractivity contribution is 0.478. The van der Waals surface area contributed by atoms with Crippen molar-refractivity contribution in [3.63, 3.8) is 0 Å². The third-order valence-corrected chi connectivity index (χ3v) is 1.50. The summed E-state index contributed by atoms with van der Waals surface area (Å²) in [5, 5.41) is 3.85. The van der Waals surface area contributed by atoms with Crippen LogP contribution in [0.15, 0.2) is 33.7 Å². The van der Waals surface area contributed by atoms with Crippen molar-refractivity contribution >= 4 is 0 Å².